The lowest BCUT2D eigenvalue weighted by atomic mass is 10.2. The third kappa shape index (κ3) is 3.69. The summed E-state index contributed by atoms with van der Waals surface area (Å²) in [7, 11) is 1.69. The summed E-state index contributed by atoms with van der Waals surface area (Å²) >= 11 is 0. The highest BCUT2D eigenvalue weighted by Crippen LogP contribution is 2.23. The van der Waals surface area contributed by atoms with Gasteiger partial charge in [-0.05, 0) is 12.1 Å². The van der Waals surface area contributed by atoms with Crippen LogP contribution in [-0.4, -0.2) is 33.9 Å². The van der Waals surface area contributed by atoms with Gasteiger partial charge in [0.15, 0.2) is 11.5 Å². The average molecular weight is 428 g/mol. The van der Waals surface area contributed by atoms with E-state index in [9.17, 15) is 9.18 Å². The summed E-state index contributed by atoms with van der Waals surface area (Å²) in [4.78, 5) is 33.1. The van der Waals surface area contributed by atoms with E-state index in [1.165, 1.54) is 16.7 Å². The van der Waals surface area contributed by atoms with Gasteiger partial charge in [0.05, 0.1) is 48.4 Å². The van der Waals surface area contributed by atoms with Crippen LogP contribution in [0.3, 0.4) is 0 Å². The number of aryl methyl sites for hydroxylation is 1. The number of pyridine rings is 2. The molecule has 5 rings (SSSR count). The number of hydrogen-bond acceptors (Lipinski definition) is 7. The first kappa shape index (κ1) is 19.5. The van der Waals surface area contributed by atoms with Crippen LogP contribution in [-0.2, 0) is 13.6 Å². The third-order valence-electron chi connectivity index (χ3n) is 4.95. The number of anilines is 1. The second-order valence-corrected chi connectivity index (χ2v) is 7.12. The summed E-state index contributed by atoms with van der Waals surface area (Å²) in [5, 5.41) is 3.22. The fourth-order valence-electron chi connectivity index (χ4n) is 3.32. The Bertz CT molecular complexity index is 1480. The Morgan fingerprint density at radius 3 is 2.69 bits per heavy atom. The molecule has 32 heavy (non-hydrogen) atoms. The molecule has 0 bridgehead atoms. The summed E-state index contributed by atoms with van der Waals surface area (Å²) in [6.45, 7) is 0.386. The van der Waals surface area contributed by atoms with Crippen LogP contribution in [0.25, 0.3) is 28.2 Å². The zero-order chi connectivity index (χ0) is 22.1. The van der Waals surface area contributed by atoms with E-state index < -0.39 is 5.82 Å². The quantitative estimate of drug-likeness (QED) is 0.459. The molecule has 0 spiro atoms. The molecule has 0 aromatic carbocycles. The van der Waals surface area contributed by atoms with E-state index in [1.807, 2.05) is 4.40 Å². The summed E-state index contributed by atoms with van der Waals surface area (Å²) in [5.74, 6) is 0.150. The monoisotopic (exact) mass is 428 g/mol. The van der Waals surface area contributed by atoms with Crippen molar-refractivity contribution in [1.29, 1.82) is 0 Å². The molecule has 0 aliphatic rings. The highest BCUT2D eigenvalue weighted by molar-refractivity contribution is 5.70. The summed E-state index contributed by atoms with van der Waals surface area (Å²) < 4.78 is 16.9. The SMILES string of the molecule is Cn1cc(-c2cnc(CNc3nccn4c(-c5cncc(F)c5)cnc34)cn2)ccc1=O. The number of hydrogen-bond donors (Lipinski definition) is 1. The maximum Gasteiger partial charge on any atom is 0.250 e. The molecule has 0 saturated carbocycles. The Hall–Kier alpha value is -4.47. The fourth-order valence-corrected chi connectivity index (χ4v) is 3.32. The van der Waals surface area contributed by atoms with Crippen LogP contribution in [0, 0.1) is 5.82 Å². The van der Waals surface area contributed by atoms with Gasteiger partial charge >= 0.3 is 0 Å². The van der Waals surface area contributed by atoms with E-state index in [0.717, 1.165) is 11.8 Å². The lowest BCUT2D eigenvalue weighted by Gasteiger charge is -2.08. The van der Waals surface area contributed by atoms with Crippen molar-refractivity contribution in [2.24, 2.45) is 7.05 Å². The first-order valence-corrected chi connectivity index (χ1v) is 9.73. The Morgan fingerprint density at radius 1 is 1.00 bits per heavy atom. The van der Waals surface area contributed by atoms with Gasteiger partial charge in [-0.1, -0.05) is 0 Å². The van der Waals surface area contributed by atoms with Crippen molar-refractivity contribution >= 4 is 11.5 Å². The molecule has 0 aliphatic carbocycles. The number of imidazole rings is 1. The predicted octanol–water partition coefficient (Wildman–Crippen LogP) is 2.70. The highest BCUT2D eigenvalue weighted by atomic mass is 19.1. The van der Waals surface area contributed by atoms with Gasteiger partial charge in [0, 0.05) is 49.0 Å². The molecule has 0 atom stereocenters. The molecule has 10 heteroatoms. The molecule has 1 N–H and O–H groups in total. The highest BCUT2D eigenvalue weighted by Gasteiger charge is 2.11. The molecule has 0 radical (unpaired) electrons. The van der Waals surface area contributed by atoms with E-state index in [0.29, 0.717) is 40.7 Å². The maximum atomic E-state index is 13.6. The van der Waals surface area contributed by atoms with Gasteiger partial charge < -0.3 is 9.88 Å². The van der Waals surface area contributed by atoms with Crippen molar-refractivity contribution in [3.05, 3.63) is 89.6 Å². The van der Waals surface area contributed by atoms with Crippen LogP contribution in [0.4, 0.5) is 10.2 Å². The number of nitrogens with zero attached hydrogens (tertiary/aromatic N) is 7. The lowest BCUT2D eigenvalue weighted by Crippen LogP contribution is -2.14. The first-order valence-electron chi connectivity index (χ1n) is 9.73. The number of rotatable bonds is 5. The van der Waals surface area contributed by atoms with Gasteiger partial charge in [0.2, 0.25) is 5.56 Å². The first-order chi connectivity index (χ1) is 15.6. The van der Waals surface area contributed by atoms with Crippen molar-refractivity contribution in [2.75, 3.05) is 5.32 Å². The van der Waals surface area contributed by atoms with Crippen LogP contribution < -0.4 is 10.9 Å². The van der Waals surface area contributed by atoms with E-state index in [4.69, 9.17) is 0 Å². The van der Waals surface area contributed by atoms with Crippen LogP contribution in [0.5, 0.6) is 0 Å². The number of fused-ring (bicyclic) bond motifs is 1. The molecule has 0 aliphatic heterocycles. The molecule has 9 nitrogen and oxygen atoms in total. The largest absolute Gasteiger partial charge is 0.361 e. The van der Waals surface area contributed by atoms with Crippen molar-refractivity contribution in [2.45, 2.75) is 6.54 Å². The Balaban J connectivity index is 1.36. The molecular formula is C22H17FN8O. The van der Waals surface area contributed by atoms with Gasteiger partial charge in [0.1, 0.15) is 5.82 Å². The summed E-state index contributed by atoms with van der Waals surface area (Å²) in [6, 6.07) is 4.63. The van der Waals surface area contributed by atoms with Gasteiger partial charge in [-0.25, -0.2) is 14.4 Å². The molecule has 0 saturated heterocycles. The zero-order valence-corrected chi connectivity index (χ0v) is 17.0. The van der Waals surface area contributed by atoms with Gasteiger partial charge in [-0.2, -0.15) is 0 Å². The van der Waals surface area contributed by atoms with Crippen molar-refractivity contribution in [1.82, 2.24) is 33.9 Å². The number of halogens is 1. The molecule has 158 valence electrons. The molecular weight excluding hydrogens is 411 g/mol. The molecule has 5 heterocycles. The average Bonchev–Trinajstić information content (AvgIpc) is 3.25. The van der Waals surface area contributed by atoms with E-state index in [2.05, 4.69) is 30.2 Å². The smallest absolute Gasteiger partial charge is 0.250 e. The molecule has 0 unspecified atom stereocenters. The Kier molecular flexibility index (Phi) is 4.86. The predicted molar refractivity (Wildman–Crippen MR) is 116 cm³/mol. The van der Waals surface area contributed by atoms with E-state index in [1.54, 1.807) is 56.5 Å². The molecule has 5 aromatic heterocycles. The number of aromatic nitrogens is 7. The zero-order valence-electron chi connectivity index (χ0n) is 17.0. The lowest BCUT2D eigenvalue weighted by molar-refractivity contribution is 0.622. The third-order valence-corrected chi connectivity index (χ3v) is 4.95. The second kappa shape index (κ2) is 7.99. The van der Waals surface area contributed by atoms with Crippen LogP contribution >= 0.6 is 0 Å². The molecule has 5 aromatic rings. The summed E-state index contributed by atoms with van der Waals surface area (Å²) in [6.07, 6.45) is 12.9. The maximum absolute atomic E-state index is 13.6. The van der Waals surface area contributed by atoms with Gasteiger partial charge in [0.25, 0.3) is 0 Å². The standard InChI is InChI=1S/C22H17FN8O/c1-30-13-14(2-3-20(30)32)18-11-26-17(9-27-18)10-28-21-22-29-12-19(31(22)5-4-25-21)15-6-16(23)8-24-7-15/h2-9,11-13H,10H2,1H3,(H,25,28). The topological polar surface area (TPSA) is 103 Å². The van der Waals surface area contributed by atoms with E-state index in [-0.39, 0.29) is 5.56 Å². The number of nitrogens with one attached hydrogen (secondary N) is 1. The van der Waals surface area contributed by atoms with Crippen molar-refractivity contribution in [3.8, 4) is 22.5 Å². The minimum Gasteiger partial charge on any atom is -0.361 e. The molecule has 0 fully saturated rings. The van der Waals surface area contributed by atoms with Gasteiger partial charge in [-0.15, -0.1) is 0 Å². The van der Waals surface area contributed by atoms with Crippen molar-refractivity contribution < 1.29 is 4.39 Å². The minimum atomic E-state index is -0.412. The fraction of sp³-hybridized carbons (Fsp3) is 0.0909. The van der Waals surface area contributed by atoms with Gasteiger partial charge in [-0.3, -0.25) is 24.1 Å². The molecule has 0 amide bonds. The van der Waals surface area contributed by atoms with E-state index >= 15 is 0 Å². The Labute approximate surface area is 181 Å². The normalized spacial score (nSPS) is 11.1. The second-order valence-electron chi connectivity index (χ2n) is 7.12. The van der Waals surface area contributed by atoms with Crippen LogP contribution in [0.2, 0.25) is 0 Å². The Morgan fingerprint density at radius 2 is 1.91 bits per heavy atom. The van der Waals surface area contributed by atoms with Crippen LogP contribution in [0.15, 0.2) is 72.6 Å². The van der Waals surface area contributed by atoms with Crippen LogP contribution in [0.1, 0.15) is 5.69 Å². The van der Waals surface area contributed by atoms with Crippen molar-refractivity contribution in [3.63, 3.8) is 0 Å². The minimum absolute atomic E-state index is 0.0833. The summed E-state index contributed by atoms with van der Waals surface area (Å²) in [5.41, 5.74) is 4.03.